The molecule has 0 atom stereocenters. The van der Waals surface area contributed by atoms with E-state index in [1.54, 1.807) is 0 Å². The molecule has 0 fully saturated rings. The fraction of sp³-hybridized carbons (Fsp3) is 1.00. The molecule has 0 aromatic carbocycles. The Balaban J connectivity index is 0. The molecule has 0 aromatic rings. The Kier molecular flexibility index (Phi) is 7.70. The Morgan fingerprint density at radius 3 is 1.73 bits per heavy atom. The summed E-state index contributed by atoms with van der Waals surface area (Å²) in [5.74, 6) is 1.03. The van der Waals surface area contributed by atoms with Gasteiger partial charge in [0.15, 0.2) is 0 Å². The average molecular weight is 239 g/mol. The first-order chi connectivity index (χ1) is 4.36. The van der Waals surface area contributed by atoms with E-state index in [-0.39, 0.29) is 17.9 Å². The van der Waals surface area contributed by atoms with Crippen LogP contribution in [0.1, 0.15) is 13.8 Å². The highest BCUT2D eigenvalue weighted by molar-refractivity contribution is 7.95. The van der Waals surface area contributed by atoms with Crippen molar-refractivity contribution in [2.45, 2.75) is 19.4 Å². The minimum atomic E-state index is -0.101. The molecular formula is C6H14Cl3NS. The van der Waals surface area contributed by atoms with Gasteiger partial charge in [0.2, 0.25) is 0 Å². The molecule has 1 nitrogen and oxygen atoms in total. The lowest BCUT2D eigenvalue weighted by atomic mass is 10.1. The van der Waals surface area contributed by atoms with E-state index in [9.17, 15) is 0 Å². The Bertz CT molecular complexity index is 106. The van der Waals surface area contributed by atoms with Gasteiger partial charge in [-0.15, -0.1) is 3.94 Å². The van der Waals surface area contributed by atoms with E-state index in [1.807, 2.05) is 13.8 Å². The summed E-state index contributed by atoms with van der Waals surface area (Å²) in [5.41, 5.74) is -0.101. The second-order valence-corrected chi connectivity index (χ2v) is 6.28. The van der Waals surface area contributed by atoms with E-state index in [0.29, 0.717) is 10.9 Å². The molecule has 0 aliphatic carbocycles. The lowest BCUT2D eigenvalue weighted by Crippen LogP contribution is -3.00. The maximum Gasteiger partial charge on any atom is 0.128 e. The van der Waals surface area contributed by atoms with E-state index in [2.05, 4.69) is 12.5 Å². The highest BCUT2D eigenvalue weighted by atomic mass is 35.5. The predicted octanol–water partition coefficient (Wildman–Crippen LogP) is -0.743. The minimum absolute atomic E-state index is 0. The van der Waals surface area contributed by atoms with E-state index in [0.717, 1.165) is 5.75 Å². The number of halogens is 3. The fourth-order valence-electron chi connectivity index (χ4n) is 0.755. The average Bonchev–Trinajstić information content (AvgIpc) is 1.60. The first kappa shape index (κ1) is 14.7. The molecule has 0 saturated heterocycles. The van der Waals surface area contributed by atoms with Gasteiger partial charge in [-0.25, -0.2) is 0 Å². The summed E-state index contributed by atoms with van der Waals surface area (Å²) in [4.78, 5) is 0. The zero-order chi connectivity index (χ0) is 8.36. The topological polar surface area (TPSA) is 3.24 Å². The van der Waals surface area contributed by atoms with Crippen molar-refractivity contribution in [3.63, 3.8) is 0 Å². The first-order valence-corrected chi connectivity index (χ1v) is 5.91. The van der Waals surface area contributed by atoms with Crippen LogP contribution in [0, 0.1) is 0 Å². The summed E-state index contributed by atoms with van der Waals surface area (Å²) < 4.78 is 1.24. The predicted molar refractivity (Wildman–Crippen MR) is 51.7 cm³/mol. The Labute approximate surface area is 88.4 Å². The van der Waals surface area contributed by atoms with Gasteiger partial charge < -0.3 is 12.4 Å². The van der Waals surface area contributed by atoms with Gasteiger partial charge in [-0.1, -0.05) is 0 Å². The van der Waals surface area contributed by atoms with Crippen LogP contribution in [0.2, 0.25) is 0 Å². The molecule has 0 rings (SSSR count). The molecule has 0 bridgehead atoms. The minimum Gasteiger partial charge on any atom is -1.00 e. The second kappa shape index (κ2) is 5.76. The monoisotopic (exact) mass is 237 g/mol. The van der Waals surface area contributed by atoms with Crippen LogP contribution in [0.3, 0.4) is 0 Å². The molecule has 11 heavy (non-hydrogen) atoms. The summed E-state index contributed by atoms with van der Waals surface area (Å²) in [6.45, 7) is 4.06. The van der Waals surface area contributed by atoms with Gasteiger partial charge in [-0.05, 0) is 48.3 Å². The standard InChI is InChI=1S/C6H14Cl2NS.ClH/c1-6(2,9(7)8)5-10(3)4;/h5H2,1-4H3;1H/q+1;/p-1. The molecule has 0 radical (unpaired) electrons. The molecule has 0 N–H and O–H groups in total. The zero-order valence-electron chi connectivity index (χ0n) is 7.20. The first-order valence-electron chi connectivity index (χ1n) is 3.02. The van der Waals surface area contributed by atoms with Crippen molar-refractivity contribution < 1.29 is 12.4 Å². The van der Waals surface area contributed by atoms with Crippen molar-refractivity contribution in [3.05, 3.63) is 0 Å². The number of nitrogens with zero attached hydrogens (tertiary/aromatic N) is 1. The molecule has 0 saturated carbocycles. The summed E-state index contributed by atoms with van der Waals surface area (Å²) in [6, 6.07) is 0. The number of rotatable bonds is 3. The molecule has 0 heterocycles. The van der Waals surface area contributed by atoms with Crippen LogP contribution < -0.4 is 12.4 Å². The quantitative estimate of drug-likeness (QED) is 0.462. The highest BCUT2D eigenvalue weighted by Crippen LogP contribution is 2.21. The van der Waals surface area contributed by atoms with Crippen LogP contribution >= 0.6 is 23.6 Å². The van der Waals surface area contributed by atoms with Gasteiger partial charge in [-0.2, -0.15) is 0 Å². The zero-order valence-corrected chi connectivity index (χ0v) is 10.3. The van der Waals surface area contributed by atoms with E-state index >= 15 is 0 Å². The summed E-state index contributed by atoms with van der Waals surface area (Å²) in [6.07, 6.45) is 4.36. The highest BCUT2D eigenvalue weighted by Gasteiger charge is 2.30. The SMILES string of the molecule is C[S+](C)CC(C)(C)N(Cl)Cl.[Cl-]. The van der Waals surface area contributed by atoms with Crippen molar-refractivity contribution in [1.29, 1.82) is 0 Å². The number of hydrogen-bond donors (Lipinski definition) is 0. The summed E-state index contributed by atoms with van der Waals surface area (Å²) in [5, 5.41) is 0. The van der Waals surface area contributed by atoms with Crippen molar-refractivity contribution in [3.8, 4) is 0 Å². The third kappa shape index (κ3) is 6.35. The maximum absolute atomic E-state index is 5.62. The van der Waals surface area contributed by atoms with Crippen molar-refractivity contribution in [2.24, 2.45) is 0 Å². The molecular weight excluding hydrogens is 224 g/mol. The van der Waals surface area contributed by atoms with Crippen molar-refractivity contribution >= 4 is 34.4 Å². The third-order valence-electron chi connectivity index (χ3n) is 1.10. The van der Waals surface area contributed by atoms with E-state index in [1.165, 1.54) is 3.94 Å². The molecule has 0 aliphatic heterocycles. The van der Waals surface area contributed by atoms with Gasteiger partial charge in [0.1, 0.15) is 5.75 Å². The summed E-state index contributed by atoms with van der Waals surface area (Å²) in [7, 11) is 0.384. The van der Waals surface area contributed by atoms with E-state index < -0.39 is 0 Å². The molecule has 0 amide bonds. The smallest absolute Gasteiger partial charge is 0.128 e. The lowest BCUT2D eigenvalue weighted by Gasteiger charge is -2.24. The van der Waals surface area contributed by atoms with Crippen LogP contribution in [-0.2, 0) is 10.9 Å². The molecule has 0 aromatic heterocycles. The third-order valence-corrected chi connectivity index (χ3v) is 3.30. The van der Waals surface area contributed by atoms with E-state index in [4.69, 9.17) is 23.6 Å². The van der Waals surface area contributed by atoms with Crippen LogP contribution in [0.25, 0.3) is 0 Å². The molecule has 0 spiro atoms. The van der Waals surface area contributed by atoms with Crippen LogP contribution in [0.15, 0.2) is 0 Å². The van der Waals surface area contributed by atoms with Gasteiger partial charge in [0.05, 0.1) is 18.1 Å². The summed E-state index contributed by atoms with van der Waals surface area (Å²) >= 11 is 11.2. The van der Waals surface area contributed by atoms with Crippen molar-refractivity contribution in [2.75, 3.05) is 18.3 Å². The molecule has 0 aliphatic rings. The largest absolute Gasteiger partial charge is 1.00 e. The van der Waals surface area contributed by atoms with Gasteiger partial charge in [0.25, 0.3) is 0 Å². The Morgan fingerprint density at radius 1 is 1.27 bits per heavy atom. The Morgan fingerprint density at radius 2 is 1.64 bits per heavy atom. The van der Waals surface area contributed by atoms with Crippen LogP contribution in [-0.4, -0.2) is 27.7 Å². The molecule has 70 valence electrons. The van der Waals surface area contributed by atoms with Gasteiger partial charge in [0, 0.05) is 0 Å². The molecule has 0 unspecified atom stereocenters. The fourth-order valence-corrected chi connectivity index (χ4v) is 2.56. The maximum atomic E-state index is 5.62. The van der Waals surface area contributed by atoms with Crippen molar-refractivity contribution in [1.82, 2.24) is 3.94 Å². The van der Waals surface area contributed by atoms with Crippen LogP contribution in [0.4, 0.5) is 0 Å². The Hall–Kier alpha value is 1.18. The normalized spacial score (nSPS) is 12.0. The second-order valence-electron chi connectivity index (χ2n) is 3.18. The number of hydrogen-bond acceptors (Lipinski definition) is 1. The molecule has 5 heteroatoms. The van der Waals surface area contributed by atoms with Crippen LogP contribution in [0.5, 0.6) is 0 Å². The van der Waals surface area contributed by atoms with Gasteiger partial charge in [-0.3, -0.25) is 0 Å². The van der Waals surface area contributed by atoms with Gasteiger partial charge >= 0.3 is 0 Å². The lowest BCUT2D eigenvalue weighted by molar-refractivity contribution is -0.00000293.